The summed E-state index contributed by atoms with van der Waals surface area (Å²) in [7, 11) is 0. The second kappa shape index (κ2) is 11.3. The van der Waals surface area contributed by atoms with Crippen LogP contribution in [-0.4, -0.2) is 36.9 Å². The SMILES string of the molecule is I.NC(=NCC(O)COc1ccc(C(F)(F)F)cc1)NCCc1cccs1. The number of nitrogens with one attached hydrogen (secondary N) is 1. The van der Waals surface area contributed by atoms with E-state index in [0.717, 1.165) is 18.6 Å². The van der Waals surface area contributed by atoms with Crippen molar-refractivity contribution in [3.05, 3.63) is 52.2 Å². The van der Waals surface area contributed by atoms with Crippen molar-refractivity contribution in [3.8, 4) is 5.75 Å². The van der Waals surface area contributed by atoms with Gasteiger partial charge in [-0.1, -0.05) is 6.07 Å². The second-order valence-electron chi connectivity index (χ2n) is 5.47. The summed E-state index contributed by atoms with van der Waals surface area (Å²) < 4.78 is 42.6. The van der Waals surface area contributed by atoms with Crippen LogP contribution in [0.3, 0.4) is 0 Å². The van der Waals surface area contributed by atoms with Crippen LogP contribution >= 0.6 is 35.3 Å². The van der Waals surface area contributed by atoms with E-state index in [1.807, 2.05) is 17.5 Å². The van der Waals surface area contributed by atoms with Gasteiger partial charge in [-0.3, -0.25) is 4.99 Å². The minimum atomic E-state index is -4.39. The highest BCUT2D eigenvalue weighted by Gasteiger charge is 2.30. The summed E-state index contributed by atoms with van der Waals surface area (Å²) in [6.07, 6.45) is -4.48. The number of aliphatic hydroxyl groups excluding tert-OH is 1. The molecule has 0 fully saturated rings. The first kappa shape index (κ1) is 23.5. The molecule has 0 amide bonds. The van der Waals surface area contributed by atoms with Crippen LogP contribution in [0.1, 0.15) is 10.4 Å². The summed E-state index contributed by atoms with van der Waals surface area (Å²) >= 11 is 1.66. The summed E-state index contributed by atoms with van der Waals surface area (Å²) in [5.74, 6) is 0.457. The molecule has 10 heteroatoms. The van der Waals surface area contributed by atoms with Gasteiger partial charge in [-0.25, -0.2) is 0 Å². The lowest BCUT2D eigenvalue weighted by atomic mass is 10.2. The topological polar surface area (TPSA) is 79.9 Å². The molecule has 27 heavy (non-hydrogen) atoms. The molecule has 1 unspecified atom stereocenters. The predicted octanol–water partition coefficient (Wildman–Crippen LogP) is 3.27. The van der Waals surface area contributed by atoms with E-state index < -0.39 is 17.8 Å². The first-order chi connectivity index (χ1) is 12.3. The number of thiophene rings is 1. The molecule has 0 aliphatic carbocycles. The Morgan fingerprint density at radius 1 is 1.26 bits per heavy atom. The van der Waals surface area contributed by atoms with Gasteiger partial charge in [0.2, 0.25) is 0 Å². The molecule has 1 aromatic carbocycles. The predicted molar refractivity (Wildman–Crippen MR) is 111 cm³/mol. The molecule has 0 bridgehead atoms. The smallest absolute Gasteiger partial charge is 0.416 e. The first-order valence-corrected chi connectivity index (χ1v) is 8.77. The van der Waals surface area contributed by atoms with E-state index in [1.54, 1.807) is 11.3 Å². The molecule has 4 N–H and O–H groups in total. The van der Waals surface area contributed by atoms with Crippen LogP contribution in [0.15, 0.2) is 46.8 Å². The van der Waals surface area contributed by atoms with Crippen molar-refractivity contribution in [2.24, 2.45) is 10.7 Å². The number of rotatable bonds is 8. The molecule has 0 saturated heterocycles. The van der Waals surface area contributed by atoms with E-state index in [-0.39, 0.29) is 48.8 Å². The molecular weight excluding hydrogens is 494 g/mol. The summed E-state index contributed by atoms with van der Waals surface area (Å²) in [5, 5.41) is 14.8. The minimum Gasteiger partial charge on any atom is -0.491 e. The van der Waals surface area contributed by atoms with Crippen molar-refractivity contribution >= 4 is 41.3 Å². The summed E-state index contributed by atoms with van der Waals surface area (Å²) in [6, 6.07) is 8.27. The van der Waals surface area contributed by atoms with Crippen LogP contribution < -0.4 is 15.8 Å². The lowest BCUT2D eigenvalue weighted by Crippen LogP contribution is -2.34. The van der Waals surface area contributed by atoms with Crippen molar-refractivity contribution in [2.45, 2.75) is 18.7 Å². The molecule has 0 saturated carbocycles. The number of ether oxygens (including phenoxy) is 1. The van der Waals surface area contributed by atoms with E-state index in [1.165, 1.54) is 17.0 Å². The maximum absolute atomic E-state index is 12.5. The third-order valence-corrected chi connectivity index (χ3v) is 4.29. The van der Waals surface area contributed by atoms with Gasteiger partial charge in [0.25, 0.3) is 0 Å². The van der Waals surface area contributed by atoms with Crippen LogP contribution in [0.2, 0.25) is 0 Å². The fourth-order valence-corrected chi connectivity index (χ4v) is 2.72. The third-order valence-electron chi connectivity index (χ3n) is 3.35. The highest BCUT2D eigenvalue weighted by Crippen LogP contribution is 2.30. The van der Waals surface area contributed by atoms with Gasteiger partial charge in [0.1, 0.15) is 18.5 Å². The number of aliphatic imine (C=N–C) groups is 1. The third kappa shape index (κ3) is 8.80. The average molecular weight is 515 g/mol. The summed E-state index contributed by atoms with van der Waals surface area (Å²) in [6.45, 7) is 0.559. The molecule has 0 radical (unpaired) electrons. The maximum Gasteiger partial charge on any atom is 0.416 e. The molecule has 0 spiro atoms. The van der Waals surface area contributed by atoms with Crippen LogP contribution in [0, 0.1) is 0 Å². The molecule has 5 nitrogen and oxygen atoms in total. The van der Waals surface area contributed by atoms with Gasteiger partial charge in [-0.05, 0) is 42.1 Å². The Hall–Kier alpha value is -1.53. The van der Waals surface area contributed by atoms with Crippen molar-refractivity contribution in [1.82, 2.24) is 5.32 Å². The minimum absolute atomic E-state index is 0. The highest BCUT2D eigenvalue weighted by molar-refractivity contribution is 14.0. The Morgan fingerprint density at radius 2 is 1.96 bits per heavy atom. The Bertz CT molecular complexity index is 694. The lowest BCUT2D eigenvalue weighted by molar-refractivity contribution is -0.137. The summed E-state index contributed by atoms with van der Waals surface area (Å²) in [5.41, 5.74) is 4.96. The Labute approximate surface area is 176 Å². The normalized spacial score (nSPS) is 13.0. The number of hydrogen-bond acceptors (Lipinski definition) is 4. The van der Waals surface area contributed by atoms with Crippen molar-refractivity contribution in [3.63, 3.8) is 0 Å². The number of aliphatic hydroxyl groups is 1. The number of nitrogens with two attached hydrogens (primary N) is 1. The molecule has 1 aromatic heterocycles. The molecule has 2 rings (SSSR count). The van der Waals surface area contributed by atoms with E-state index in [2.05, 4.69) is 10.3 Å². The summed E-state index contributed by atoms with van der Waals surface area (Å²) in [4.78, 5) is 5.24. The van der Waals surface area contributed by atoms with E-state index >= 15 is 0 Å². The number of alkyl halides is 3. The quantitative estimate of drug-likeness (QED) is 0.287. The van der Waals surface area contributed by atoms with E-state index in [4.69, 9.17) is 10.5 Å². The van der Waals surface area contributed by atoms with Crippen LogP contribution in [-0.2, 0) is 12.6 Å². The zero-order chi connectivity index (χ0) is 19.0. The fourth-order valence-electron chi connectivity index (χ4n) is 2.01. The second-order valence-corrected chi connectivity index (χ2v) is 6.50. The molecule has 1 heterocycles. The Kier molecular flexibility index (Phi) is 9.88. The van der Waals surface area contributed by atoms with Gasteiger partial charge in [-0.2, -0.15) is 13.2 Å². The molecular formula is C17H21F3IN3O2S. The number of benzene rings is 1. The van der Waals surface area contributed by atoms with E-state index in [0.29, 0.717) is 6.54 Å². The number of halogens is 4. The largest absolute Gasteiger partial charge is 0.491 e. The van der Waals surface area contributed by atoms with Gasteiger partial charge in [0.15, 0.2) is 5.96 Å². The fraction of sp³-hybridized carbons (Fsp3) is 0.353. The maximum atomic E-state index is 12.5. The Balaban J connectivity index is 0.00000364. The van der Waals surface area contributed by atoms with Gasteiger partial charge in [0.05, 0.1) is 12.1 Å². The zero-order valence-corrected chi connectivity index (χ0v) is 17.4. The van der Waals surface area contributed by atoms with Crippen LogP contribution in [0.25, 0.3) is 0 Å². The molecule has 2 aromatic rings. The van der Waals surface area contributed by atoms with E-state index in [9.17, 15) is 18.3 Å². The van der Waals surface area contributed by atoms with Gasteiger partial charge in [0, 0.05) is 11.4 Å². The molecule has 0 aliphatic rings. The first-order valence-electron chi connectivity index (χ1n) is 7.89. The van der Waals surface area contributed by atoms with Crippen LogP contribution in [0.5, 0.6) is 5.75 Å². The average Bonchev–Trinajstić information content (AvgIpc) is 3.11. The number of guanidine groups is 1. The standard InChI is InChI=1S/C17H20F3N3O2S.HI/c18-17(19,20)12-3-5-14(6-4-12)25-11-13(24)10-23-16(21)22-8-7-15-2-1-9-26-15;/h1-6,9,13,24H,7-8,10-11H2,(H3,21,22,23);1H. The number of hydrogen-bond donors (Lipinski definition) is 3. The van der Waals surface area contributed by atoms with Gasteiger partial charge >= 0.3 is 6.18 Å². The number of nitrogens with zero attached hydrogens (tertiary/aromatic N) is 1. The Morgan fingerprint density at radius 3 is 2.56 bits per heavy atom. The van der Waals surface area contributed by atoms with Crippen LogP contribution in [0.4, 0.5) is 13.2 Å². The van der Waals surface area contributed by atoms with Crippen molar-refractivity contribution in [1.29, 1.82) is 0 Å². The monoisotopic (exact) mass is 515 g/mol. The van der Waals surface area contributed by atoms with Crippen molar-refractivity contribution in [2.75, 3.05) is 19.7 Å². The molecule has 1 atom stereocenters. The molecule has 150 valence electrons. The van der Waals surface area contributed by atoms with Crippen molar-refractivity contribution < 1.29 is 23.0 Å². The van der Waals surface area contributed by atoms with Gasteiger partial charge < -0.3 is 20.9 Å². The highest BCUT2D eigenvalue weighted by atomic mass is 127. The van der Waals surface area contributed by atoms with Gasteiger partial charge in [-0.15, -0.1) is 35.3 Å². The lowest BCUT2D eigenvalue weighted by Gasteiger charge is -2.12. The zero-order valence-electron chi connectivity index (χ0n) is 14.3. The molecule has 0 aliphatic heterocycles.